The van der Waals surface area contributed by atoms with Crippen molar-refractivity contribution in [1.82, 2.24) is 4.90 Å². The summed E-state index contributed by atoms with van der Waals surface area (Å²) in [6.07, 6.45) is -0.855. The molecular formula is C23H24F3NO2. The fourth-order valence-corrected chi connectivity index (χ4v) is 4.83. The van der Waals surface area contributed by atoms with Gasteiger partial charge in [-0.2, -0.15) is 13.2 Å². The number of carbonyl (C=O) groups is 1. The molecule has 2 bridgehead atoms. The van der Waals surface area contributed by atoms with Gasteiger partial charge in [0.1, 0.15) is 5.75 Å². The summed E-state index contributed by atoms with van der Waals surface area (Å²) >= 11 is 0. The molecule has 2 aromatic carbocycles. The van der Waals surface area contributed by atoms with Crippen LogP contribution in [0.25, 0.3) is 0 Å². The maximum Gasteiger partial charge on any atom is 0.416 e. The standard InChI is InChI=1S/C23H24F3NO2/c1-29-21-13-17(23(24,25)26)7-10-20(21)22(28)16-11-18-8-9-19(12-16)27(18)14-15-5-3-2-4-6-15/h2-7,10,13,16,18-19H,8-9,11-12,14H2,1H3. The molecule has 3 nitrogen and oxygen atoms in total. The summed E-state index contributed by atoms with van der Waals surface area (Å²) in [5, 5.41) is 0. The highest BCUT2D eigenvalue weighted by Gasteiger charge is 2.43. The van der Waals surface area contributed by atoms with Crippen LogP contribution in [0, 0.1) is 5.92 Å². The molecule has 2 saturated heterocycles. The lowest BCUT2D eigenvalue weighted by atomic mass is 9.84. The number of Topliss-reactive ketones (excluding diaryl/α,β-unsaturated/α-hetero) is 1. The van der Waals surface area contributed by atoms with E-state index in [1.54, 1.807) is 0 Å². The van der Waals surface area contributed by atoms with Crippen LogP contribution in [-0.4, -0.2) is 29.9 Å². The monoisotopic (exact) mass is 403 g/mol. The fraction of sp³-hybridized carbons (Fsp3) is 0.435. The predicted octanol–water partition coefficient (Wildman–Crippen LogP) is 5.34. The normalized spacial score (nSPS) is 24.5. The van der Waals surface area contributed by atoms with Gasteiger partial charge in [0, 0.05) is 24.5 Å². The first kappa shape index (κ1) is 20.0. The summed E-state index contributed by atoms with van der Waals surface area (Å²) < 4.78 is 44.1. The Hall–Kier alpha value is -2.34. The van der Waals surface area contributed by atoms with E-state index >= 15 is 0 Å². The number of piperidine rings is 1. The van der Waals surface area contributed by atoms with Gasteiger partial charge in [-0.3, -0.25) is 9.69 Å². The van der Waals surface area contributed by atoms with Crippen LogP contribution in [0.5, 0.6) is 5.75 Å². The van der Waals surface area contributed by atoms with Gasteiger partial charge in [-0.05, 0) is 49.4 Å². The molecule has 2 fully saturated rings. The van der Waals surface area contributed by atoms with Crippen LogP contribution >= 0.6 is 0 Å². The zero-order valence-electron chi connectivity index (χ0n) is 16.3. The number of alkyl halides is 3. The molecule has 0 aromatic heterocycles. The van der Waals surface area contributed by atoms with Gasteiger partial charge in [-0.1, -0.05) is 30.3 Å². The smallest absolute Gasteiger partial charge is 0.416 e. The Labute approximate surface area is 168 Å². The van der Waals surface area contributed by atoms with E-state index in [1.165, 1.54) is 18.7 Å². The number of ketones is 1. The maximum absolute atomic E-state index is 13.1. The third-order valence-corrected chi connectivity index (χ3v) is 6.26. The third kappa shape index (κ3) is 4.04. The number of carbonyl (C=O) groups excluding carboxylic acids is 1. The second-order valence-corrected chi connectivity index (χ2v) is 7.99. The van der Waals surface area contributed by atoms with Gasteiger partial charge in [-0.25, -0.2) is 0 Å². The third-order valence-electron chi connectivity index (χ3n) is 6.26. The van der Waals surface area contributed by atoms with Gasteiger partial charge < -0.3 is 4.74 Å². The molecule has 2 unspecified atom stereocenters. The lowest BCUT2D eigenvalue weighted by Crippen LogP contribution is -2.44. The van der Waals surface area contributed by atoms with Gasteiger partial charge >= 0.3 is 6.18 Å². The number of hydrogen-bond donors (Lipinski definition) is 0. The molecule has 2 aliphatic rings. The average molecular weight is 403 g/mol. The Balaban J connectivity index is 1.50. The molecule has 0 amide bonds. The minimum atomic E-state index is -4.46. The number of methoxy groups -OCH3 is 1. The van der Waals surface area contributed by atoms with Crippen molar-refractivity contribution in [1.29, 1.82) is 0 Å². The lowest BCUT2D eigenvalue weighted by Gasteiger charge is -2.38. The second-order valence-electron chi connectivity index (χ2n) is 7.99. The summed E-state index contributed by atoms with van der Waals surface area (Å²) in [6, 6.07) is 14.1. The second kappa shape index (κ2) is 7.82. The van der Waals surface area contributed by atoms with Crippen molar-refractivity contribution in [2.75, 3.05) is 7.11 Å². The highest BCUT2D eigenvalue weighted by molar-refractivity contribution is 6.00. The van der Waals surface area contributed by atoms with Crippen molar-refractivity contribution < 1.29 is 22.7 Å². The number of fused-ring (bicyclic) bond motifs is 2. The zero-order valence-corrected chi connectivity index (χ0v) is 16.3. The molecule has 4 rings (SSSR count). The quantitative estimate of drug-likeness (QED) is 0.631. The molecule has 154 valence electrons. The molecule has 2 atom stereocenters. The number of halogens is 3. The molecule has 0 aliphatic carbocycles. The average Bonchev–Trinajstić information content (AvgIpc) is 2.94. The topological polar surface area (TPSA) is 29.5 Å². The zero-order chi connectivity index (χ0) is 20.6. The Morgan fingerprint density at radius 2 is 1.72 bits per heavy atom. The van der Waals surface area contributed by atoms with Crippen molar-refractivity contribution in [2.24, 2.45) is 5.92 Å². The van der Waals surface area contributed by atoms with E-state index in [0.29, 0.717) is 12.1 Å². The largest absolute Gasteiger partial charge is 0.496 e. The van der Waals surface area contributed by atoms with E-state index in [9.17, 15) is 18.0 Å². The van der Waals surface area contributed by atoms with Gasteiger partial charge in [-0.15, -0.1) is 0 Å². The SMILES string of the molecule is COc1cc(C(F)(F)F)ccc1C(=O)C1CC2CCC(C1)N2Cc1ccccc1. The maximum atomic E-state index is 13.1. The van der Waals surface area contributed by atoms with Crippen LogP contribution in [0.3, 0.4) is 0 Å². The summed E-state index contributed by atoms with van der Waals surface area (Å²) in [6.45, 7) is 0.876. The van der Waals surface area contributed by atoms with Crippen molar-refractivity contribution >= 4 is 5.78 Å². The Kier molecular flexibility index (Phi) is 5.38. The van der Waals surface area contributed by atoms with Gasteiger partial charge in [0.25, 0.3) is 0 Å². The predicted molar refractivity (Wildman–Crippen MR) is 104 cm³/mol. The first-order valence-corrected chi connectivity index (χ1v) is 9.96. The lowest BCUT2D eigenvalue weighted by molar-refractivity contribution is -0.137. The Morgan fingerprint density at radius 3 is 2.31 bits per heavy atom. The summed E-state index contributed by atoms with van der Waals surface area (Å²) in [5.74, 6) is -0.277. The van der Waals surface area contributed by atoms with E-state index in [1.807, 2.05) is 18.2 Å². The first-order valence-electron chi connectivity index (χ1n) is 9.96. The molecule has 0 saturated carbocycles. The van der Waals surface area contributed by atoms with Crippen LogP contribution in [0.4, 0.5) is 13.2 Å². The highest BCUT2D eigenvalue weighted by atomic mass is 19.4. The molecule has 2 heterocycles. The first-order chi connectivity index (χ1) is 13.9. The number of hydrogen-bond acceptors (Lipinski definition) is 3. The number of nitrogens with zero attached hydrogens (tertiary/aromatic N) is 1. The molecule has 0 radical (unpaired) electrons. The van der Waals surface area contributed by atoms with Crippen molar-refractivity contribution in [3.8, 4) is 5.75 Å². The molecule has 2 aromatic rings. The van der Waals surface area contributed by atoms with E-state index in [4.69, 9.17) is 4.74 Å². The summed E-state index contributed by atoms with van der Waals surface area (Å²) in [5.41, 5.74) is 0.712. The molecule has 0 N–H and O–H groups in total. The molecule has 29 heavy (non-hydrogen) atoms. The van der Waals surface area contributed by atoms with E-state index in [0.717, 1.165) is 44.4 Å². The summed E-state index contributed by atoms with van der Waals surface area (Å²) in [7, 11) is 1.30. The van der Waals surface area contributed by atoms with Crippen molar-refractivity contribution in [3.05, 3.63) is 65.2 Å². The van der Waals surface area contributed by atoms with Gasteiger partial charge in [0.15, 0.2) is 5.78 Å². The van der Waals surface area contributed by atoms with Crippen LogP contribution in [-0.2, 0) is 12.7 Å². The van der Waals surface area contributed by atoms with E-state index in [2.05, 4.69) is 17.0 Å². The van der Waals surface area contributed by atoms with Crippen LogP contribution in [0.2, 0.25) is 0 Å². The van der Waals surface area contributed by atoms with Crippen molar-refractivity contribution in [3.63, 3.8) is 0 Å². The molecule has 2 aliphatic heterocycles. The number of ether oxygens (including phenoxy) is 1. The minimum Gasteiger partial charge on any atom is -0.496 e. The van der Waals surface area contributed by atoms with Crippen LogP contribution in [0.1, 0.15) is 47.2 Å². The van der Waals surface area contributed by atoms with Gasteiger partial charge in [0.05, 0.1) is 18.2 Å². The Bertz CT molecular complexity index is 867. The van der Waals surface area contributed by atoms with Crippen LogP contribution in [0.15, 0.2) is 48.5 Å². The number of benzene rings is 2. The van der Waals surface area contributed by atoms with E-state index in [-0.39, 0.29) is 23.0 Å². The number of rotatable bonds is 5. The summed E-state index contributed by atoms with van der Waals surface area (Å²) in [4.78, 5) is 15.6. The van der Waals surface area contributed by atoms with Crippen LogP contribution < -0.4 is 4.74 Å². The molecule has 0 spiro atoms. The Morgan fingerprint density at radius 1 is 1.07 bits per heavy atom. The van der Waals surface area contributed by atoms with Gasteiger partial charge in [0.2, 0.25) is 0 Å². The van der Waals surface area contributed by atoms with Crippen molar-refractivity contribution in [2.45, 2.75) is 50.5 Å². The fourth-order valence-electron chi connectivity index (χ4n) is 4.83. The molecule has 6 heteroatoms. The highest BCUT2D eigenvalue weighted by Crippen LogP contribution is 2.42. The molecular weight excluding hydrogens is 379 g/mol. The van der Waals surface area contributed by atoms with E-state index < -0.39 is 11.7 Å². The minimum absolute atomic E-state index is 0.00360.